The van der Waals surface area contributed by atoms with E-state index >= 15 is 0 Å². The zero-order chi connectivity index (χ0) is 19.9. The molecule has 0 aliphatic heterocycles. The molecular weight excluding hydrogens is 332 g/mol. The first-order chi connectivity index (χ1) is 11.6. The molecule has 0 spiro atoms. The van der Waals surface area contributed by atoms with E-state index in [4.69, 9.17) is 0 Å². The first-order valence-corrected chi connectivity index (χ1v) is 6.95. The Hall–Kier alpha value is -2.52. The number of aliphatic hydroxyl groups is 4. The van der Waals surface area contributed by atoms with E-state index in [9.17, 15) is 39.6 Å². The Bertz CT molecular complexity index is 509. The Labute approximate surface area is 144 Å². The summed E-state index contributed by atoms with van der Waals surface area (Å²) < 4.78 is 0. The highest BCUT2D eigenvalue weighted by Crippen LogP contribution is 2.38. The van der Waals surface area contributed by atoms with E-state index in [0.717, 1.165) is 0 Å². The van der Waals surface area contributed by atoms with E-state index in [2.05, 4.69) is 26.3 Å². The van der Waals surface area contributed by atoms with Gasteiger partial charge in [-0.05, 0) is 24.3 Å². The molecule has 0 aromatic rings. The lowest BCUT2D eigenvalue weighted by Gasteiger charge is -2.44. The van der Waals surface area contributed by atoms with Crippen molar-refractivity contribution in [3.05, 3.63) is 50.6 Å². The fraction of sp³-hybridized carbons (Fsp3) is 0.294. The van der Waals surface area contributed by atoms with E-state index in [1.54, 1.807) is 0 Å². The molecule has 4 atom stereocenters. The second-order valence-electron chi connectivity index (χ2n) is 5.04. The van der Waals surface area contributed by atoms with Crippen LogP contribution in [0.25, 0.3) is 0 Å². The second kappa shape index (κ2) is 9.09. The number of rotatable bonds is 12. The van der Waals surface area contributed by atoms with Gasteiger partial charge >= 0.3 is 0 Å². The Morgan fingerprint density at radius 1 is 0.560 bits per heavy atom. The summed E-state index contributed by atoms with van der Waals surface area (Å²) in [5.74, 6) is -5.05. The summed E-state index contributed by atoms with van der Waals surface area (Å²) in [6.45, 7) is 12.4. The molecule has 0 aromatic heterocycles. The maximum Gasteiger partial charge on any atom is 0.184 e. The van der Waals surface area contributed by atoms with Crippen molar-refractivity contribution in [2.24, 2.45) is 5.41 Å². The number of carbonyl (C=O) groups excluding carboxylic acids is 4. The molecule has 0 radical (unpaired) electrons. The summed E-state index contributed by atoms with van der Waals surface area (Å²) in [5.41, 5.74) is -3.03. The van der Waals surface area contributed by atoms with Crippen molar-refractivity contribution in [3.8, 4) is 0 Å². The van der Waals surface area contributed by atoms with Crippen LogP contribution < -0.4 is 0 Å². The number of carbonyl (C=O) groups is 4. The van der Waals surface area contributed by atoms with Crippen molar-refractivity contribution >= 4 is 23.1 Å². The monoisotopic (exact) mass is 352 g/mol. The Morgan fingerprint density at radius 3 is 0.840 bits per heavy atom. The molecule has 0 rings (SSSR count). The molecule has 0 saturated carbocycles. The van der Waals surface area contributed by atoms with Gasteiger partial charge in [-0.15, -0.1) is 0 Å². The molecule has 25 heavy (non-hydrogen) atoms. The van der Waals surface area contributed by atoms with Crippen LogP contribution in [0.4, 0.5) is 0 Å². The average molecular weight is 352 g/mol. The normalized spacial score (nSPS) is 17.8. The summed E-state index contributed by atoms with van der Waals surface area (Å²) in [5, 5.41) is 41.2. The Balaban J connectivity index is 6.90. The third kappa shape index (κ3) is 3.94. The van der Waals surface area contributed by atoms with E-state index in [-0.39, 0.29) is 0 Å². The van der Waals surface area contributed by atoms with Crippen LogP contribution in [0.2, 0.25) is 0 Å². The SMILES string of the molecule is C=CC(=O)C(O)C(C(O)C(=O)C=C)(C(O)C(=O)C=C)C(O)C(=O)C=C. The molecule has 0 fully saturated rings. The van der Waals surface area contributed by atoms with E-state index in [0.29, 0.717) is 24.3 Å². The fourth-order valence-electron chi connectivity index (χ4n) is 2.33. The Morgan fingerprint density at radius 2 is 0.720 bits per heavy atom. The summed E-state index contributed by atoms with van der Waals surface area (Å²) >= 11 is 0. The van der Waals surface area contributed by atoms with Gasteiger partial charge in [-0.2, -0.15) is 0 Å². The van der Waals surface area contributed by atoms with Crippen LogP contribution in [0, 0.1) is 5.41 Å². The number of ketones is 4. The van der Waals surface area contributed by atoms with E-state index < -0.39 is 53.0 Å². The Kier molecular flexibility index (Phi) is 8.17. The molecule has 4 N–H and O–H groups in total. The first-order valence-electron chi connectivity index (χ1n) is 6.95. The van der Waals surface area contributed by atoms with Crippen molar-refractivity contribution in [2.75, 3.05) is 0 Å². The predicted molar refractivity (Wildman–Crippen MR) is 87.3 cm³/mol. The van der Waals surface area contributed by atoms with Crippen molar-refractivity contribution < 1.29 is 39.6 Å². The molecule has 0 heterocycles. The first kappa shape index (κ1) is 22.5. The van der Waals surface area contributed by atoms with Gasteiger partial charge in [0.05, 0.1) is 0 Å². The lowest BCUT2D eigenvalue weighted by atomic mass is 9.63. The molecule has 0 saturated heterocycles. The third-order valence-electron chi connectivity index (χ3n) is 3.78. The van der Waals surface area contributed by atoms with Crippen LogP contribution in [0.3, 0.4) is 0 Å². The number of aliphatic hydroxyl groups excluding tert-OH is 4. The van der Waals surface area contributed by atoms with Gasteiger partial charge in [-0.3, -0.25) is 19.2 Å². The zero-order valence-electron chi connectivity index (χ0n) is 13.4. The van der Waals surface area contributed by atoms with Crippen molar-refractivity contribution in [1.29, 1.82) is 0 Å². The third-order valence-corrected chi connectivity index (χ3v) is 3.78. The van der Waals surface area contributed by atoms with E-state index in [1.165, 1.54) is 0 Å². The largest absolute Gasteiger partial charge is 0.384 e. The maximum absolute atomic E-state index is 11.9. The highest BCUT2D eigenvalue weighted by molar-refractivity contribution is 6.04. The summed E-state index contributed by atoms with van der Waals surface area (Å²) in [6.07, 6.45) is -7.88. The van der Waals surface area contributed by atoms with Crippen molar-refractivity contribution in [1.82, 2.24) is 0 Å². The molecule has 0 aliphatic carbocycles. The van der Waals surface area contributed by atoms with Crippen LogP contribution in [0.1, 0.15) is 0 Å². The van der Waals surface area contributed by atoms with Gasteiger partial charge in [0.15, 0.2) is 23.1 Å². The van der Waals surface area contributed by atoms with Gasteiger partial charge in [0.1, 0.15) is 29.8 Å². The molecule has 0 aromatic carbocycles. The van der Waals surface area contributed by atoms with Gasteiger partial charge < -0.3 is 20.4 Å². The van der Waals surface area contributed by atoms with Gasteiger partial charge in [-0.1, -0.05) is 26.3 Å². The zero-order valence-corrected chi connectivity index (χ0v) is 13.4. The van der Waals surface area contributed by atoms with Crippen LogP contribution in [-0.2, 0) is 19.2 Å². The van der Waals surface area contributed by atoms with Crippen LogP contribution in [-0.4, -0.2) is 68.0 Å². The van der Waals surface area contributed by atoms with Crippen molar-refractivity contribution in [2.45, 2.75) is 24.4 Å². The highest BCUT2D eigenvalue weighted by atomic mass is 16.3. The number of hydrogen-bond acceptors (Lipinski definition) is 8. The minimum atomic E-state index is -3.03. The van der Waals surface area contributed by atoms with E-state index in [1.807, 2.05) is 0 Å². The number of hydrogen-bond donors (Lipinski definition) is 4. The van der Waals surface area contributed by atoms with Crippen LogP contribution in [0.5, 0.6) is 0 Å². The van der Waals surface area contributed by atoms with Gasteiger partial charge in [0.2, 0.25) is 0 Å². The minimum Gasteiger partial charge on any atom is -0.384 e. The van der Waals surface area contributed by atoms with Crippen LogP contribution in [0.15, 0.2) is 50.6 Å². The molecule has 0 aliphatic rings. The maximum atomic E-state index is 11.9. The minimum absolute atomic E-state index is 0.570. The van der Waals surface area contributed by atoms with Gasteiger partial charge in [0, 0.05) is 0 Å². The lowest BCUT2D eigenvalue weighted by Crippen LogP contribution is -2.67. The lowest BCUT2D eigenvalue weighted by molar-refractivity contribution is -0.194. The topological polar surface area (TPSA) is 149 Å². The molecule has 8 heteroatoms. The smallest absolute Gasteiger partial charge is 0.184 e. The van der Waals surface area contributed by atoms with Gasteiger partial charge in [-0.25, -0.2) is 0 Å². The molecule has 0 bridgehead atoms. The molecule has 8 nitrogen and oxygen atoms in total. The summed E-state index contributed by atoms with van der Waals surface area (Å²) in [7, 11) is 0. The van der Waals surface area contributed by atoms with Gasteiger partial charge in [0.25, 0.3) is 0 Å². The highest BCUT2D eigenvalue weighted by Gasteiger charge is 2.62. The quantitative estimate of drug-likeness (QED) is 0.308. The summed E-state index contributed by atoms with van der Waals surface area (Å²) in [4.78, 5) is 47.6. The summed E-state index contributed by atoms with van der Waals surface area (Å²) in [6, 6.07) is 0. The average Bonchev–Trinajstić information content (AvgIpc) is 2.64. The molecular formula is C17H20O8. The second-order valence-corrected chi connectivity index (χ2v) is 5.04. The van der Waals surface area contributed by atoms with Crippen molar-refractivity contribution in [3.63, 3.8) is 0 Å². The molecule has 0 amide bonds. The molecule has 4 unspecified atom stereocenters. The predicted octanol–water partition coefficient (Wildman–Crippen LogP) is -1.56. The van der Waals surface area contributed by atoms with Crippen LogP contribution >= 0.6 is 0 Å². The fourth-order valence-corrected chi connectivity index (χ4v) is 2.33. The molecule has 136 valence electrons. The standard InChI is InChI=1S/C17H20O8/c1-5-9(18)13(22)17(14(23)10(19)6-2,15(24)11(20)7-3)16(25)12(21)8-4/h5-8,13-16,22-25H,1-4H2.